The molecule has 102 valence electrons. The van der Waals surface area contributed by atoms with Crippen LogP contribution in [-0.2, 0) is 6.54 Å². The van der Waals surface area contributed by atoms with Gasteiger partial charge in [0.05, 0.1) is 12.5 Å². The van der Waals surface area contributed by atoms with Gasteiger partial charge >= 0.3 is 0 Å². The first-order chi connectivity index (χ1) is 9.16. The number of benzene rings is 1. The van der Waals surface area contributed by atoms with E-state index in [0.717, 1.165) is 19.5 Å². The number of furan rings is 1. The molecule has 0 fully saturated rings. The Labute approximate surface area is 115 Å². The molecule has 2 N–H and O–H groups in total. The lowest BCUT2D eigenvalue weighted by molar-refractivity contribution is 0.310. The fraction of sp³-hybridized carbons (Fsp3) is 0.375. The van der Waals surface area contributed by atoms with Crippen LogP contribution >= 0.6 is 0 Å². The van der Waals surface area contributed by atoms with Crippen molar-refractivity contribution in [3.8, 4) is 0 Å². The van der Waals surface area contributed by atoms with Gasteiger partial charge in [0.25, 0.3) is 0 Å². The molecular formula is C16H22N2O. The Balaban J connectivity index is 1.83. The summed E-state index contributed by atoms with van der Waals surface area (Å²) in [6.07, 6.45) is 4.46. The van der Waals surface area contributed by atoms with Crippen LogP contribution in [0.3, 0.4) is 0 Å². The van der Waals surface area contributed by atoms with Crippen LogP contribution < -0.4 is 5.73 Å². The van der Waals surface area contributed by atoms with E-state index in [2.05, 4.69) is 43.1 Å². The Morgan fingerprint density at radius 3 is 2.74 bits per heavy atom. The highest BCUT2D eigenvalue weighted by molar-refractivity contribution is 5.28. The summed E-state index contributed by atoms with van der Waals surface area (Å²) in [7, 11) is 2.11. The second-order valence-corrected chi connectivity index (χ2v) is 5.12. The normalized spacial score (nSPS) is 12.8. The van der Waals surface area contributed by atoms with Gasteiger partial charge in [-0.05, 0) is 44.1 Å². The number of rotatable bonds is 6. The Hall–Kier alpha value is -1.58. The summed E-state index contributed by atoms with van der Waals surface area (Å²) in [6, 6.07) is 10.4. The molecule has 0 aliphatic carbocycles. The van der Waals surface area contributed by atoms with E-state index < -0.39 is 0 Å². The van der Waals surface area contributed by atoms with Crippen LogP contribution in [0.1, 0.15) is 29.2 Å². The van der Waals surface area contributed by atoms with Crippen LogP contribution in [-0.4, -0.2) is 18.5 Å². The summed E-state index contributed by atoms with van der Waals surface area (Å²) in [4.78, 5) is 2.27. The van der Waals surface area contributed by atoms with E-state index in [9.17, 15) is 0 Å². The fourth-order valence-corrected chi connectivity index (χ4v) is 2.29. The molecule has 2 aromatic rings. The zero-order valence-corrected chi connectivity index (χ0v) is 11.7. The van der Waals surface area contributed by atoms with Gasteiger partial charge in [0.15, 0.2) is 0 Å². The molecule has 0 aliphatic rings. The second-order valence-electron chi connectivity index (χ2n) is 5.12. The van der Waals surface area contributed by atoms with Gasteiger partial charge in [0.1, 0.15) is 0 Å². The molecule has 0 amide bonds. The third-order valence-corrected chi connectivity index (χ3v) is 3.44. The lowest BCUT2D eigenvalue weighted by atomic mass is 9.99. The van der Waals surface area contributed by atoms with Crippen molar-refractivity contribution in [2.24, 2.45) is 5.73 Å². The van der Waals surface area contributed by atoms with Crippen molar-refractivity contribution in [3.63, 3.8) is 0 Å². The summed E-state index contributed by atoms with van der Waals surface area (Å²) in [5.41, 5.74) is 9.99. The topological polar surface area (TPSA) is 42.4 Å². The third-order valence-electron chi connectivity index (χ3n) is 3.44. The molecule has 0 radical (unpaired) electrons. The monoisotopic (exact) mass is 258 g/mol. The lowest BCUT2D eigenvalue weighted by Crippen LogP contribution is -2.23. The largest absolute Gasteiger partial charge is 0.472 e. The van der Waals surface area contributed by atoms with Gasteiger partial charge in [-0.3, -0.25) is 0 Å². The van der Waals surface area contributed by atoms with Gasteiger partial charge in [0.2, 0.25) is 0 Å². The van der Waals surface area contributed by atoms with Gasteiger partial charge in [-0.15, -0.1) is 0 Å². The number of nitrogens with zero attached hydrogens (tertiary/aromatic N) is 1. The summed E-state index contributed by atoms with van der Waals surface area (Å²) in [5, 5.41) is 0. The van der Waals surface area contributed by atoms with E-state index in [-0.39, 0.29) is 6.04 Å². The van der Waals surface area contributed by atoms with Crippen molar-refractivity contribution in [1.29, 1.82) is 0 Å². The fourth-order valence-electron chi connectivity index (χ4n) is 2.29. The lowest BCUT2D eigenvalue weighted by Gasteiger charge is -2.20. The van der Waals surface area contributed by atoms with E-state index in [4.69, 9.17) is 10.2 Å². The first-order valence-electron chi connectivity index (χ1n) is 6.67. The molecule has 0 aliphatic heterocycles. The summed E-state index contributed by atoms with van der Waals surface area (Å²) < 4.78 is 5.07. The van der Waals surface area contributed by atoms with Crippen LogP contribution in [0.2, 0.25) is 0 Å². The molecule has 19 heavy (non-hydrogen) atoms. The van der Waals surface area contributed by atoms with E-state index in [1.165, 1.54) is 16.7 Å². The van der Waals surface area contributed by atoms with Crippen LogP contribution in [0, 0.1) is 6.92 Å². The number of aryl methyl sites for hydroxylation is 1. The van der Waals surface area contributed by atoms with Crippen molar-refractivity contribution in [2.45, 2.75) is 25.9 Å². The van der Waals surface area contributed by atoms with Gasteiger partial charge in [0, 0.05) is 18.2 Å². The Morgan fingerprint density at radius 1 is 1.26 bits per heavy atom. The van der Waals surface area contributed by atoms with Gasteiger partial charge in [-0.2, -0.15) is 0 Å². The number of nitrogens with two attached hydrogens (primary N) is 1. The highest BCUT2D eigenvalue weighted by Gasteiger charge is 2.10. The minimum atomic E-state index is 0.105. The minimum absolute atomic E-state index is 0.105. The third kappa shape index (κ3) is 3.94. The zero-order valence-electron chi connectivity index (χ0n) is 11.7. The first-order valence-corrected chi connectivity index (χ1v) is 6.67. The molecule has 0 bridgehead atoms. The smallest absolute Gasteiger partial charge is 0.0947 e. The summed E-state index contributed by atoms with van der Waals surface area (Å²) in [6.45, 7) is 3.99. The standard InChI is InChI=1S/C16H22N2O/c1-13-5-3-4-6-15(13)16(17)7-9-18(2)11-14-8-10-19-12-14/h3-6,8,10,12,16H,7,9,11,17H2,1-2H3. The van der Waals surface area contributed by atoms with Gasteiger partial charge in [-0.1, -0.05) is 24.3 Å². The van der Waals surface area contributed by atoms with Gasteiger partial charge < -0.3 is 15.1 Å². The van der Waals surface area contributed by atoms with E-state index in [0.29, 0.717) is 0 Å². The van der Waals surface area contributed by atoms with Crippen LogP contribution in [0.15, 0.2) is 47.3 Å². The van der Waals surface area contributed by atoms with Crippen molar-refractivity contribution in [2.75, 3.05) is 13.6 Å². The molecule has 1 heterocycles. The van der Waals surface area contributed by atoms with Crippen LogP contribution in [0.25, 0.3) is 0 Å². The summed E-state index contributed by atoms with van der Waals surface area (Å²) in [5.74, 6) is 0. The molecule has 1 atom stereocenters. The number of hydrogen-bond donors (Lipinski definition) is 1. The number of hydrogen-bond acceptors (Lipinski definition) is 3. The molecule has 1 aromatic carbocycles. The molecule has 1 aromatic heterocycles. The average molecular weight is 258 g/mol. The predicted molar refractivity (Wildman–Crippen MR) is 77.8 cm³/mol. The minimum Gasteiger partial charge on any atom is -0.472 e. The predicted octanol–water partition coefficient (Wildman–Crippen LogP) is 3.11. The molecule has 0 spiro atoms. The quantitative estimate of drug-likeness (QED) is 0.865. The van der Waals surface area contributed by atoms with Crippen molar-refractivity contribution >= 4 is 0 Å². The Kier molecular flexibility index (Phi) is 4.77. The Morgan fingerprint density at radius 2 is 2.05 bits per heavy atom. The van der Waals surface area contributed by atoms with Crippen molar-refractivity contribution < 1.29 is 4.42 Å². The molecule has 1 unspecified atom stereocenters. The van der Waals surface area contributed by atoms with E-state index in [1.54, 1.807) is 12.5 Å². The maximum absolute atomic E-state index is 6.27. The van der Waals surface area contributed by atoms with Crippen molar-refractivity contribution in [1.82, 2.24) is 4.90 Å². The molecular weight excluding hydrogens is 236 g/mol. The van der Waals surface area contributed by atoms with Gasteiger partial charge in [-0.25, -0.2) is 0 Å². The van der Waals surface area contributed by atoms with E-state index in [1.807, 2.05) is 6.07 Å². The summed E-state index contributed by atoms with van der Waals surface area (Å²) >= 11 is 0. The van der Waals surface area contributed by atoms with Crippen LogP contribution in [0.4, 0.5) is 0 Å². The average Bonchev–Trinajstić information content (AvgIpc) is 2.89. The zero-order chi connectivity index (χ0) is 13.7. The molecule has 0 saturated heterocycles. The van der Waals surface area contributed by atoms with Crippen LogP contribution in [0.5, 0.6) is 0 Å². The maximum atomic E-state index is 6.27. The molecule has 0 saturated carbocycles. The molecule has 3 heteroatoms. The molecule has 2 rings (SSSR count). The highest BCUT2D eigenvalue weighted by atomic mass is 16.3. The molecule has 3 nitrogen and oxygen atoms in total. The first kappa shape index (κ1) is 13.8. The second kappa shape index (κ2) is 6.55. The highest BCUT2D eigenvalue weighted by Crippen LogP contribution is 2.18. The van der Waals surface area contributed by atoms with E-state index >= 15 is 0 Å². The maximum Gasteiger partial charge on any atom is 0.0947 e. The van der Waals surface area contributed by atoms with Crippen molar-refractivity contribution in [3.05, 3.63) is 59.5 Å². The Bertz CT molecular complexity index is 493. The SMILES string of the molecule is Cc1ccccc1C(N)CCN(C)Cc1ccoc1.